The molecule has 0 atom stereocenters. The molecule has 3 aliphatic rings. The van der Waals surface area contributed by atoms with Gasteiger partial charge in [-0.2, -0.15) is 0 Å². The summed E-state index contributed by atoms with van der Waals surface area (Å²) < 4.78 is 5.16. The highest BCUT2D eigenvalue weighted by Crippen LogP contribution is 2.48. The third kappa shape index (κ3) is 3.39. The van der Waals surface area contributed by atoms with Crippen LogP contribution in [0.4, 0.5) is 10.5 Å². The number of nitrogens with one attached hydrogen (secondary N) is 1. The monoisotopic (exact) mass is 385 g/mol. The first kappa shape index (κ1) is 19.2. The number of nitrogens with zero attached hydrogens (tertiary/aromatic N) is 2. The molecule has 1 aliphatic carbocycles. The molecule has 0 radical (unpaired) electrons. The van der Waals surface area contributed by atoms with Gasteiger partial charge in [-0.1, -0.05) is 12.1 Å². The summed E-state index contributed by atoms with van der Waals surface area (Å²) >= 11 is 0. The van der Waals surface area contributed by atoms with Crippen LogP contribution < -0.4 is 5.32 Å². The van der Waals surface area contributed by atoms with E-state index in [4.69, 9.17) is 4.74 Å². The van der Waals surface area contributed by atoms with E-state index in [1.165, 1.54) is 11.1 Å². The molecule has 2 fully saturated rings. The minimum atomic E-state index is -0.345. The third-order valence-electron chi connectivity index (χ3n) is 6.76. The van der Waals surface area contributed by atoms with E-state index in [9.17, 15) is 9.59 Å². The Labute approximate surface area is 167 Å². The van der Waals surface area contributed by atoms with Gasteiger partial charge in [0.1, 0.15) is 0 Å². The zero-order valence-corrected chi connectivity index (χ0v) is 17.0. The Morgan fingerprint density at radius 3 is 2.75 bits per heavy atom. The van der Waals surface area contributed by atoms with E-state index < -0.39 is 0 Å². The molecule has 2 amide bonds. The summed E-state index contributed by atoms with van der Waals surface area (Å²) in [5, 5.41) is 3.12. The molecule has 1 aromatic rings. The number of hydrogen-bond donors (Lipinski definition) is 1. The lowest BCUT2D eigenvalue weighted by atomic mass is 9.68. The van der Waals surface area contributed by atoms with Gasteiger partial charge >= 0.3 is 6.09 Å². The highest BCUT2D eigenvalue weighted by molar-refractivity contribution is 6.06. The molecule has 1 saturated heterocycles. The highest BCUT2D eigenvalue weighted by atomic mass is 16.6. The van der Waals surface area contributed by atoms with E-state index in [0.717, 1.165) is 64.0 Å². The van der Waals surface area contributed by atoms with Gasteiger partial charge in [0.25, 0.3) is 0 Å². The van der Waals surface area contributed by atoms with Crippen molar-refractivity contribution in [2.75, 3.05) is 38.1 Å². The standard InChI is InChI=1S/C22H31N3O3/c1-3-28-21(27)25-12-4-11-24(13-14-25)17-7-9-22(10-8-17)18-6-5-16(2)15-19(18)23-20(22)26/h5-6,15,17H,3-4,7-14H2,1-2H3,(H,23,26). The van der Waals surface area contributed by atoms with E-state index in [1.54, 1.807) is 0 Å². The first-order valence-corrected chi connectivity index (χ1v) is 10.6. The van der Waals surface area contributed by atoms with Crippen LogP contribution in [-0.2, 0) is 14.9 Å². The van der Waals surface area contributed by atoms with Crippen molar-refractivity contribution in [2.24, 2.45) is 0 Å². The Hall–Kier alpha value is -2.08. The SMILES string of the molecule is CCOC(=O)N1CCCN(C2CCC3(CC2)C(=O)Nc2cc(C)ccc23)CC1. The van der Waals surface area contributed by atoms with Gasteiger partial charge < -0.3 is 15.0 Å². The minimum Gasteiger partial charge on any atom is -0.450 e. The number of hydrogen-bond acceptors (Lipinski definition) is 4. The highest BCUT2D eigenvalue weighted by Gasteiger charge is 2.49. The molecule has 28 heavy (non-hydrogen) atoms. The second-order valence-electron chi connectivity index (χ2n) is 8.39. The molecular formula is C22H31N3O3. The zero-order valence-electron chi connectivity index (χ0n) is 17.0. The van der Waals surface area contributed by atoms with Gasteiger partial charge in [-0.25, -0.2) is 4.79 Å². The Morgan fingerprint density at radius 2 is 2.00 bits per heavy atom. The smallest absolute Gasteiger partial charge is 0.409 e. The average Bonchev–Trinajstić information content (AvgIpc) is 2.85. The quantitative estimate of drug-likeness (QED) is 0.849. The molecule has 4 rings (SSSR count). The van der Waals surface area contributed by atoms with Crippen molar-refractivity contribution < 1.29 is 14.3 Å². The number of ether oxygens (including phenoxy) is 1. The summed E-state index contributed by atoms with van der Waals surface area (Å²) in [5.74, 6) is 0.177. The lowest BCUT2D eigenvalue weighted by Crippen LogP contribution is -2.46. The van der Waals surface area contributed by atoms with Gasteiger partial charge in [-0.05, 0) is 63.1 Å². The Bertz CT molecular complexity index is 755. The molecular weight excluding hydrogens is 354 g/mol. The maximum atomic E-state index is 12.9. The lowest BCUT2D eigenvalue weighted by Gasteiger charge is -2.40. The van der Waals surface area contributed by atoms with E-state index in [1.807, 2.05) is 11.8 Å². The lowest BCUT2D eigenvalue weighted by molar-refractivity contribution is -0.122. The van der Waals surface area contributed by atoms with Crippen molar-refractivity contribution in [2.45, 2.75) is 57.4 Å². The number of fused-ring (bicyclic) bond motifs is 2. The van der Waals surface area contributed by atoms with Gasteiger partial charge in [0.15, 0.2) is 0 Å². The molecule has 1 spiro atoms. The second-order valence-corrected chi connectivity index (χ2v) is 8.39. The van der Waals surface area contributed by atoms with Crippen LogP contribution in [0.1, 0.15) is 50.2 Å². The van der Waals surface area contributed by atoms with Crippen LogP contribution in [0.5, 0.6) is 0 Å². The summed E-state index contributed by atoms with van der Waals surface area (Å²) in [6.45, 7) is 7.72. The number of amides is 2. The topological polar surface area (TPSA) is 61.9 Å². The van der Waals surface area contributed by atoms with Crippen LogP contribution in [0.25, 0.3) is 0 Å². The summed E-state index contributed by atoms with van der Waals surface area (Å²) in [5.41, 5.74) is 3.03. The average molecular weight is 386 g/mol. The Kier molecular flexibility index (Phi) is 5.32. The normalized spacial score (nSPS) is 28.0. The van der Waals surface area contributed by atoms with Gasteiger partial charge in [0.05, 0.1) is 12.0 Å². The van der Waals surface area contributed by atoms with Crippen molar-refractivity contribution in [3.05, 3.63) is 29.3 Å². The Morgan fingerprint density at radius 1 is 1.21 bits per heavy atom. The minimum absolute atomic E-state index is 0.177. The molecule has 152 valence electrons. The predicted octanol–water partition coefficient (Wildman–Crippen LogP) is 3.29. The summed E-state index contributed by atoms with van der Waals surface area (Å²) in [7, 11) is 0. The van der Waals surface area contributed by atoms with Crippen molar-refractivity contribution in [3.8, 4) is 0 Å². The Balaban J connectivity index is 1.40. The van der Waals surface area contributed by atoms with Crippen LogP contribution in [-0.4, -0.2) is 60.6 Å². The fourth-order valence-electron chi connectivity index (χ4n) is 5.20. The van der Waals surface area contributed by atoms with Gasteiger partial charge in [-0.15, -0.1) is 0 Å². The molecule has 0 bridgehead atoms. The van der Waals surface area contributed by atoms with Crippen LogP contribution in [0.15, 0.2) is 18.2 Å². The first-order valence-electron chi connectivity index (χ1n) is 10.6. The molecule has 1 N–H and O–H groups in total. The number of carbonyl (C=O) groups is 2. The molecule has 1 aromatic carbocycles. The molecule has 1 saturated carbocycles. The van der Waals surface area contributed by atoms with Crippen molar-refractivity contribution in [3.63, 3.8) is 0 Å². The molecule has 6 heteroatoms. The first-order chi connectivity index (χ1) is 13.5. The molecule has 0 unspecified atom stereocenters. The molecule has 2 heterocycles. The van der Waals surface area contributed by atoms with Crippen molar-refractivity contribution in [1.82, 2.24) is 9.80 Å². The zero-order chi connectivity index (χ0) is 19.7. The van der Waals surface area contributed by atoms with E-state index in [0.29, 0.717) is 12.6 Å². The van der Waals surface area contributed by atoms with Gasteiger partial charge in [0.2, 0.25) is 5.91 Å². The van der Waals surface area contributed by atoms with E-state index >= 15 is 0 Å². The van der Waals surface area contributed by atoms with Crippen LogP contribution >= 0.6 is 0 Å². The maximum Gasteiger partial charge on any atom is 0.409 e. The second kappa shape index (κ2) is 7.74. The number of rotatable bonds is 2. The third-order valence-corrected chi connectivity index (χ3v) is 6.76. The number of carbonyl (C=O) groups excluding carboxylic acids is 2. The molecule has 6 nitrogen and oxygen atoms in total. The fourth-order valence-corrected chi connectivity index (χ4v) is 5.20. The van der Waals surface area contributed by atoms with Gasteiger partial charge in [-0.3, -0.25) is 9.69 Å². The number of aryl methyl sites for hydroxylation is 1. The van der Waals surface area contributed by atoms with Gasteiger partial charge in [0, 0.05) is 37.9 Å². The largest absolute Gasteiger partial charge is 0.450 e. The van der Waals surface area contributed by atoms with Crippen molar-refractivity contribution in [1.29, 1.82) is 0 Å². The van der Waals surface area contributed by atoms with E-state index in [-0.39, 0.29) is 17.4 Å². The number of benzene rings is 1. The molecule has 0 aromatic heterocycles. The van der Waals surface area contributed by atoms with Crippen LogP contribution in [0.2, 0.25) is 0 Å². The predicted molar refractivity (Wildman–Crippen MR) is 109 cm³/mol. The van der Waals surface area contributed by atoms with Crippen LogP contribution in [0, 0.1) is 6.92 Å². The van der Waals surface area contributed by atoms with Crippen LogP contribution in [0.3, 0.4) is 0 Å². The van der Waals surface area contributed by atoms with E-state index in [2.05, 4.69) is 35.3 Å². The fraction of sp³-hybridized carbons (Fsp3) is 0.636. The summed E-state index contributed by atoms with van der Waals surface area (Å²) in [4.78, 5) is 29.2. The molecule has 2 aliphatic heterocycles. The van der Waals surface area contributed by atoms with Crippen molar-refractivity contribution >= 4 is 17.7 Å². The summed E-state index contributed by atoms with van der Waals surface area (Å²) in [6, 6.07) is 6.85. The number of anilines is 1. The maximum absolute atomic E-state index is 12.9. The summed E-state index contributed by atoms with van der Waals surface area (Å²) in [6.07, 6.45) is 4.64.